The molecule has 4 aromatic carbocycles. The van der Waals surface area contributed by atoms with Gasteiger partial charge in [-0.05, 0) is 85.5 Å². The van der Waals surface area contributed by atoms with Gasteiger partial charge in [-0.15, -0.1) is 11.3 Å². The van der Waals surface area contributed by atoms with Crippen molar-refractivity contribution in [3.05, 3.63) is 101 Å². The fourth-order valence-corrected chi connectivity index (χ4v) is 6.09. The molecule has 43 heavy (non-hydrogen) atoms. The molecule has 1 unspecified atom stereocenters. The summed E-state index contributed by atoms with van der Waals surface area (Å²) in [7, 11) is 3.32. The van der Waals surface area contributed by atoms with Crippen molar-refractivity contribution in [3.8, 4) is 33.6 Å². The SMILES string of the molecule is COc1ccc(C2CC(c3cc(C)c(C)c(OC)c3)=NO2)cc1OCCOc1cc(-c2nc3ccccc3s2)ccc1C. The average Bonchev–Trinajstić information content (AvgIpc) is 3.69. The highest BCUT2D eigenvalue weighted by atomic mass is 32.1. The average molecular weight is 595 g/mol. The predicted octanol–water partition coefficient (Wildman–Crippen LogP) is 8.23. The Morgan fingerprint density at radius 3 is 2.33 bits per heavy atom. The lowest BCUT2D eigenvalue weighted by molar-refractivity contribution is 0.0854. The van der Waals surface area contributed by atoms with Gasteiger partial charge in [0.25, 0.3) is 0 Å². The number of fused-ring (bicyclic) bond motifs is 1. The zero-order valence-electron chi connectivity index (χ0n) is 25.0. The number of rotatable bonds is 10. The third kappa shape index (κ3) is 6.01. The van der Waals surface area contributed by atoms with Crippen molar-refractivity contribution in [1.82, 2.24) is 4.98 Å². The first kappa shape index (κ1) is 28.6. The number of nitrogens with zero attached hydrogens (tertiary/aromatic N) is 2. The van der Waals surface area contributed by atoms with E-state index in [9.17, 15) is 0 Å². The largest absolute Gasteiger partial charge is 0.496 e. The summed E-state index contributed by atoms with van der Waals surface area (Å²) in [5.41, 5.74) is 8.24. The molecule has 1 aliphatic rings. The van der Waals surface area contributed by atoms with Gasteiger partial charge in [-0.3, -0.25) is 0 Å². The Bertz CT molecular complexity index is 1780. The molecule has 220 valence electrons. The van der Waals surface area contributed by atoms with Crippen LogP contribution in [0.1, 0.15) is 40.3 Å². The molecule has 0 bridgehead atoms. The quantitative estimate of drug-likeness (QED) is 0.152. The molecule has 0 amide bonds. The number of hydrogen-bond donors (Lipinski definition) is 0. The van der Waals surface area contributed by atoms with Crippen LogP contribution in [-0.2, 0) is 4.84 Å². The minimum Gasteiger partial charge on any atom is -0.496 e. The van der Waals surface area contributed by atoms with E-state index >= 15 is 0 Å². The van der Waals surface area contributed by atoms with Crippen LogP contribution in [0.15, 0.2) is 78.0 Å². The molecule has 7 nitrogen and oxygen atoms in total. The van der Waals surface area contributed by atoms with Crippen LogP contribution in [0.25, 0.3) is 20.8 Å². The van der Waals surface area contributed by atoms with Crippen molar-refractivity contribution < 1.29 is 23.8 Å². The molecular formula is C35H34N2O5S. The third-order valence-corrected chi connectivity index (χ3v) is 8.81. The topological polar surface area (TPSA) is 71.4 Å². The standard InChI is InChI=1S/C35H34N2O5S/c1-21-10-11-25(35-36-27-8-6-7-9-34(27)43-35)18-30(21)40-14-15-41-33-17-24(12-13-29(33)38-4)32-20-28(37-42-32)26-16-22(2)23(3)31(19-26)39-5/h6-13,16-19,32H,14-15,20H2,1-5H3. The summed E-state index contributed by atoms with van der Waals surface area (Å²) in [6, 6.07) is 24.4. The molecule has 0 saturated carbocycles. The molecule has 1 aliphatic heterocycles. The van der Waals surface area contributed by atoms with Crippen LogP contribution in [0.2, 0.25) is 0 Å². The summed E-state index contributed by atoms with van der Waals surface area (Å²) < 4.78 is 24.6. The van der Waals surface area contributed by atoms with Crippen LogP contribution in [0.5, 0.6) is 23.0 Å². The fourth-order valence-electron chi connectivity index (χ4n) is 5.13. The third-order valence-electron chi connectivity index (χ3n) is 7.73. The summed E-state index contributed by atoms with van der Waals surface area (Å²) >= 11 is 1.68. The second kappa shape index (κ2) is 12.4. The number of benzene rings is 4. The highest BCUT2D eigenvalue weighted by Crippen LogP contribution is 2.37. The number of thiazole rings is 1. The zero-order valence-corrected chi connectivity index (χ0v) is 25.8. The summed E-state index contributed by atoms with van der Waals surface area (Å²) in [6.07, 6.45) is 0.421. The molecule has 1 aromatic heterocycles. The molecular weight excluding hydrogens is 560 g/mol. The fraction of sp³-hybridized carbons (Fsp3) is 0.257. The molecule has 0 spiro atoms. The van der Waals surface area contributed by atoms with Gasteiger partial charge in [0.1, 0.15) is 29.7 Å². The molecule has 0 N–H and O–H groups in total. The first-order valence-electron chi connectivity index (χ1n) is 14.2. The minimum absolute atomic E-state index is 0.222. The molecule has 0 saturated heterocycles. The van der Waals surface area contributed by atoms with Gasteiger partial charge in [0, 0.05) is 17.5 Å². The van der Waals surface area contributed by atoms with Crippen LogP contribution >= 0.6 is 11.3 Å². The number of aryl methyl sites for hydroxylation is 2. The van der Waals surface area contributed by atoms with Crippen LogP contribution in [0, 0.1) is 20.8 Å². The summed E-state index contributed by atoms with van der Waals surface area (Å²) in [5.74, 6) is 2.94. The minimum atomic E-state index is -0.222. The van der Waals surface area contributed by atoms with Gasteiger partial charge in [0.2, 0.25) is 0 Å². The van der Waals surface area contributed by atoms with E-state index in [0.717, 1.165) is 61.1 Å². The number of hydrogen-bond acceptors (Lipinski definition) is 8. The van der Waals surface area contributed by atoms with Gasteiger partial charge in [-0.2, -0.15) is 0 Å². The smallest absolute Gasteiger partial charge is 0.161 e. The van der Waals surface area contributed by atoms with Gasteiger partial charge in [0.15, 0.2) is 17.6 Å². The summed E-state index contributed by atoms with van der Waals surface area (Å²) in [6.45, 7) is 6.89. The summed E-state index contributed by atoms with van der Waals surface area (Å²) in [5, 5.41) is 5.38. The number of ether oxygens (including phenoxy) is 4. The van der Waals surface area contributed by atoms with E-state index in [1.165, 1.54) is 4.70 Å². The lowest BCUT2D eigenvalue weighted by Gasteiger charge is -2.15. The first-order chi connectivity index (χ1) is 20.9. The van der Waals surface area contributed by atoms with Crippen molar-refractivity contribution in [3.63, 3.8) is 0 Å². The van der Waals surface area contributed by atoms with Crippen molar-refractivity contribution in [2.45, 2.75) is 33.3 Å². The molecule has 6 rings (SSSR count). The van der Waals surface area contributed by atoms with Gasteiger partial charge < -0.3 is 23.8 Å². The van der Waals surface area contributed by atoms with Crippen molar-refractivity contribution in [2.24, 2.45) is 5.16 Å². The van der Waals surface area contributed by atoms with Crippen molar-refractivity contribution >= 4 is 27.3 Å². The Balaban J connectivity index is 1.10. The van der Waals surface area contributed by atoms with E-state index in [-0.39, 0.29) is 6.10 Å². The molecule has 1 atom stereocenters. The van der Waals surface area contributed by atoms with Crippen LogP contribution < -0.4 is 18.9 Å². The van der Waals surface area contributed by atoms with E-state index < -0.39 is 0 Å². The van der Waals surface area contributed by atoms with Crippen molar-refractivity contribution in [1.29, 1.82) is 0 Å². The van der Waals surface area contributed by atoms with E-state index in [1.54, 1.807) is 25.6 Å². The number of para-hydroxylation sites is 1. The maximum atomic E-state index is 6.16. The van der Waals surface area contributed by atoms with Gasteiger partial charge >= 0.3 is 0 Å². The number of methoxy groups -OCH3 is 2. The normalized spacial score (nSPS) is 14.3. The first-order valence-corrected chi connectivity index (χ1v) is 15.0. The van der Waals surface area contributed by atoms with E-state index in [0.29, 0.717) is 31.1 Å². The molecule has 0 aliphatic carbocycles. The maximum Gasteiger partial charge on any atom is 0.161 e. The van der Waals surface area contributed by atoms with E-state index in [4.69, 9.17) is 28.8 Å². The monoisotopic (exact) mass is 594 g/mol. The Hall–Kier alpha value is -4.56. The molecule has 0 fully saturated rings. The predicted molar refractivity (Wildman–Crippen MR) is 171 cm³/mol. The van der Waals surface area contributed by atoms with Gasteiger partial charge in [-0.1, -0.05) is 35.5 Å². The molecule has 0 radical (unpaired) electrons. The Kier molecular flexibility index (Phi) is 8.20. The second-order valence-corrected chi connectivity index (χ2v) is 11.6. The number of aromatic nitrogens is 1. The van der Waals surface area contributed by atoms with Crippen LogP contribution in [0.3, 0.4) is 0 Å². The summed E-state index contributed by atoms with van der Waals surface area (Å²) in [4.78, 5) is 10.7. The Morgan fingerprint density at radius 2 is 1.53 bits per heavy atom. The molecule has 8 heteroatoms. The second-order valence-electron chi connectivity index (χ2n) is 10.5. The highest BCUT2D eigenvalue weighted by molar-refractivity contribution is 7.21. The molecule has 2 heterocycles. The maximum absolute atomic E-state index is 6.16. The van der Waals surface area contributed by atoms with Gasteiger partial charge in [0.05, 0.1) is 30.1 Å². The Labute approximate surface area is 255 Å². The van der Waals surface area contributed by atoms with E-state index in [2.05, 4.69) is 43.3 Å². The zero-order chi connectivity index (χ0) is 29.9. The lowest BCUT2D eigenvalue weighted by atomic mass is 9.97. The number of oxime groups is 1. The highest BCUT2D eigenvalue weighted by Gasteiger charge is 2.26. The van der Waals surface area contributed by atoms with Gasteiger partial charge in [-0.25, -0.2) is 4.98 Å². The van der Waals surface area contributed by atoms with Crippen molar-refractivity contribution in [2.75, 3.05) is 27.4 Å². The Morgan fingerprint density at radius 1 is 0.767 bits per heavy atom. The van der Waals surface area contributed by atoms with E-state index in [1.807, 2.05) is 55.5 Å². The van der Waals surface area contributed by atoms with Crippen LogP contribution in [-0.4, -0.2) is 38.1 Å². The van der Waals surface area contributed by atoms with Crippen LogP contribution in [0.4, 0.5) is 0 Å². The molecule has 5 aromatic rings. The lowest BCUT2D eigenvalue weighted by Crippen LogP contribution is -2.11.